The van der Waals surface area contributed by atoms with Crippen LogP contribution < -0.4 is 14.4 Å². The third kappa shape index (κ3) is 4.21. The number of methoxy groups -OCH3 is 2. The van der Waals surface area contributed by atoms with Gasteiger partial charge in [-0.1, -0.05) is 30.4 Å². The first-order chi connectivity index (χ1) is 17.9. The van der Waals surface area contributed by atoms with Gasteiger partial charge in [0, 0.05) is 5.56 Å². The molecule has 1 amide bonds. The van der Waals surface area contributed by atoms with Crippen molar-refractivity contribution in [2.24, 2.45) is 0 Å². The van der Waals surface area contributed by atoms with Crippen LogP contribution in [0.1, 0.15) is 29.7 Å². The molecule has 1 aromatic heterocycles. The standard InChI is InChI=1S/C28H23FN2O5S/c1-4-15-5-11-19-22(13-15)37-28(30-19)31-24(17-8-12-20(35-2)21(14-17)36-3)23(26(33)27(31)34)25(32)16-6-9-18(29)10-7-16/h5-14,24,32H,4H2,1-3H3/b25-23+. The summed E-state index contributed by atoms with van der Waals surface area (Å²) in [5.74, 6) is -1.73. The Balaban J connectivity index is 1.73. The minimum absolute atomic E-state index is 0.127. The molecule has 2 heterocycles. The minimum Gasteiger partial charge on any atom is -0.507 e. The van der Waals surface area contributed by atoms with E-state index in [0.717, 1.165) is 16.7 Å². The van der Waals surface area contributed by atoms with E-state index in [0.29, 0.717) is 27.7 Å². The Labute approximate surface area is 216 Å². The predicted octanol–water partition coefficient (Wildman–Crippen LogP) is 5.64. The van der Waals surface area contributed by atoms with Gasteiger partial charge in [-0.25, -0.2) is 9.37 Å². The van der Waals surface area contributed by atoms with Gasteiger partial charge in [-0.2, -0.15) is 0 Å². The molecule has 0 saturated carbocycles. The van der Waals surface area contributed by atoms with E-state index in [4.69, 9.17) is 9.47 Å². The van der Waals surface area contributed by atoms with Crippen molar-refractivity contribution in [1.82, 2.24) is 4.98 Å². The van der Waals surface area contributed by atoms with Gasteiger partial charge in [-0.15, -0.1) is 0 Å². The molecule has 188 valence electrons. The second-order valence-electron chi connectivity index (χ2n) is 8.44. The number of nitrogens with zero attached hydrogens (tertiary/aromatic N) is 2. The number of thiazole rings is 1. The summed E-state index contributed by atoms with van der Waals surface area (Å²) in [5, 5.41) is 11.5. The molecule has 1 aliphatic heterocycles. The maximum atomic E-state index is 13.5. The van der Waals surface area contributed by atoms with Crippen molar-refractivity contribution in [2.45, 2.75) is 19.4 Å². The molecule has 1 atom stereocenters. The topological polar surface area (TPSA) is 89.0 Å². The number of benzene rings is 3. The molecule has 4 aromatic rings. The lowest BCUT2D eigenvalue weighted by molar-refractivity contribution is -0.132. The molecule has 37 heavy (non-hydrogen) atoms. The zero-order valence-electron chi connectivity index (χ0n) is 20.3. The fraction of sp³-hybridized carbons (Fsp3) is 0.179. The molecule has 0 bridgehead atoms. The molecule has 1 unspecified atom stereocenters. The smallest absolute Gasteiger partial charge is 0.301 e. The largest absolute Gasteiger partial charge is 0.507 e. The van der Waals surface area contributed by atoms with Crippen LogP contribution in [0, 0.1) is 5.82 Å². The lowest BCUT2D eigenvalue weighted by atomic mass is 9.95. The number of anilines is 1. The SMILES string of the molecule is CCc1ccc2nc(N3C(=O)C(=O)/C(=C(/O)c4ccc(F)cc4)C3c3ccc(OC)c(OC)c3)sc2c1. The van der Waals surface area contributed by atoms with Crippen LogP contribution in [0.3, 0.4) is 0 Å². The molecule has 7 nitrogen and oxygen atoms in total. The lowest BCUT2D eigenvalue weighted by Crippen LogP contribution is -2.29. The number of aromatic nitrogens is 1. The number of halogens is 1. The Morgan fingerprint density at radius 3 is 2.43 bits per heavy atom. The summed E-state index contributed by atoms with van der Waals surface area (Å²) in [6.07, 6.45) is 0.844. The number of amides is 1. The van der Waals surface area contributed by atoms with Gasteiger partial charge in [0.25, 0.3) is 5.78 Å². The number of rotatable bonds is 6. The number of hydrogen-bond donors (Lipinski definition) is 1. The van der Waals surface area contributed by atoms with Crippen molar-refractivity contribution in [1.29, 1.82) is 0 Å². The maximum absolute atomic E-state index is 13.5. The Kier molecular flexibility index (Phi) is 6.39. The van der Waals surface area contributed by atoms with Crippen molar-refractivity contribution >= 4 is 44.1 Å². The number of aliphatic hydroxyl groups excluding tert-OH is 1. The van der Waals surface area contributed by atoms with Crippen LogP contribution in [-0.4, -0.2) is 36.0 Å². The third-order valence-corrected chi connectivity index (χ3v) is 7.36. The molecule has 1 aliphatic rings. The summed E-state index contributed by atoms with van der Waals surface area (Å²) >= 11 is 1.29. The van der Waals surface area contributed by atoms with Gasteiger partial charge in [0.05, 0.1) is 36.1 Å². The van der Waals surface area contributed by atoms with Crippen LogP contribution in [0.25, 0.3) is 16.0 Å². The summed E-state index contributed by atoms with van der Waals surface area (Å²) in [4.78, 5) is 32.8. The summed E-state index contributed by atoms with van der Waals surface area (Å²) < 4.78 is 25.2. The molecule has 1 fully saturated rings. The van der Waals surface area contributed by atoms with E-state index in [1.165, 1.54) is 54.7 Å². The van der Waals surface area contributed by atoms with E-state index in [1.807, 2.05) is 25.1 Å². The van der Waals surface area contributed by atoms with Gasteiger partial charge in [0.1, 0.15) is 11.6 Å². The zero-order chi connectivity index (χ0) is 26.3. The molecule has 5 rings (SSSR count). The number of carbonyl (C=O) groups excluding carboxylic acids is 2. The van der Waals surface area contributed by atoms with E-state index < -0.39 is 29.3 Å². The van der Waals surface area contributed by atoms with E-state index in [-0.39, 0.29) is 11.1 Å². The normalized spacial score (nSPS) is 17.0. The second kappa shape index (κ2) is 9.67. The van der Waals surface area contributed by atoms with E-state index in [2.05, 4.69) is 4.98 Å². The van der Waals surface area contributed by atoms with Crippen LogP contribution >= 0.6 is 11.3 Å². The van der Waals surface area contributed by atoms with E-state index in [1.54, 1.807) is 18.2 Å². The van der Waals surface area contributed by atoms with Gasteiger partial charge in [0.2, 0.25) is 0 Å². The predicted molar refractivity (Wildman–Crippen MR) is 140 cm³/mol. The van der Waals surface area contributed by atoms with Crippen LogP contribution in [0.2, 0.25) is 0 Å². The van der Waals surface area contributed by atoms with Crippen LogP contribution in [-0.2, 0) is 16.0 Å². The Hall–Kier alpha value is -4.24. The first kappa shape index (κ1) is 24.5. The van der Waals surface area contributed by atoms with Gasteiger partial charge in [0.15, 0.2) is 16.6 Å². The van der Waals surface area contributed by atoms with Crippen LogP contribution in [0.15, 0.2) is 66.2 Å². The molecule has 9 heteroatoms. The highest BCUT2D eigenvalue weighted by Gasteiger charge is 2.48. The highest BCUT2D eigenvalue weighted by molar-refractivity contribution is 7.22. The fourth-order valence-corrected chi connectivity index (χ4v) is 5.47. The molecule has 0 radical (unpaired) electrons. The highest BCUT2D eigenvalue weighted by atomic mass is 32.1. The van der Waals surface area contributed by atoms with Crippen molar-refractivity contribution in [3.8, 4) is 11.5 Å². The van der Waals surface area contributed by atoms with Crippen LogP contribution in [0.4, 0.5) is 9.52 Å². The Morgan fingerprint density at radius 2 is 1.76 bits per heavy atom. The summed E-state index contributed by atoms with van der Waals surface area (Å²) in [5.41, 5.74) is 2.41. The number of hydrogen-bond acceptors (Lipinski definition) is 7. The Morgan fingerprint density at radius 1 is 1.03 bits per heavy atom. The van der Waals surface area contributed by atoms with Crippen molar-refractivity contribution in [3.05, 3.63) is 88.7 Å². The molecule has 1 saturated heterocycles. The fourth-order valence-electron chi connectivity index (χ4n) is 4.41. The molecule has 3 aromatic carbocycles. The quantitative estimate of drug-likeness (QED) is 0.202. The number of ketones is 1. The molecular formula is C28H23FN2O5S. The number of aryl methyl sites for hydroxylation is 1. The highest BCUT2D eigenvalue weighted by Crippen LogP contribution is 2.45. The second-order valence-corrected chi connectivity index (χ2v) is 9.45. The summed E-state index contributed by atoms with van der Waals surface area (Å²) in [6.45, 7) is 2.05. The average Bonchev–Trinajstić information content (AvgIpc) is 3.45. The number of ether oxygens (including phenoxy) is 2. The summed E-state index contributed by atoms with van der Waals surface area (Å²) in [6, 6.07) is 14.9. The minimum atomic E-state index is -1.00. The monoisotopic (exact) mass is 518 g/mol. The van der Waals surface area contributed by atoms with Crippen molar-refractivity contribution < 1.29 is 28.6 Å². The number of Topliss-reactive ketones (excluding diaryl/α,β-unsaturated/α-hetero) is 1. The summed E-state index contributed by atoms with van der Waals surface area (Å²) in [7, 11) is 2.99. The van der Waals surface area contributed by atoms with E-state index >= 15 is 0 Å². The third-order valence-electron chi connectivity index (χ3n) is 6.34. The zero-order valence-corrected chi connectivity index (χ0v) is 21.1. The molecule has 1 N–H and O–H groups in total. The first-order valence-corrected chi connectivity index (χ1v) is 12.4. The molecule has 0 aliphatic carbocycles. The van der Waals surface area contributed by atoms with Gasteiger partial charge < -0.3 is 14.6 Å². The average molecular weight is 519 g/mol. The van der Waals surface area contributed by atoms with Gasteiger partial charge in [-0.05, 0) is 66.1 Å². The maximum Gasteiger partial charge on any atom is 0.301 e. The van der Waals surface area contributed by atoms with Crippen molar-refractivity contribution in [3.63, 3.8) is 0 Å². The Bertz CT molecular complexity index is 1560. The molecule has 0 spiro atoms. The lowest BCUT2D eigenvalue weighted by Gasteiger charge is -2.23. The molecular weight excluding hydrogens is 495 g/mol. The van der Waals surface area contributed by atoms with Crippen molar-refractivity contribution in [2.75, 3.05) is 19.1 Å². The number of fused-ring (bicyclic) bond motifs is 1. The first-order valence-electron chi connectivity index (χ1n) is 11.5. The number of aliphatic hydroxyl groups is 1. The van der Waals surface area contributed by atoms with Gasteiger partial charge >= 0.3 is 5.91 Å². The van der Waals surface area contributed by atoms with Gasteiger partial charge in [-0.3, -0.25) is 14.5 Å². The van der Waals surface area contributed by atoms with E-state index in [9.17, 15) is 19.1 Å². The van der Waals surface area contributed by atoms with Crippen LogP contribution in [0.5, 0.6) is 11.5 Å². The number of carbonyl (C=O) groups is 2.